The minimum Gasteiger partial charge on any atom is -0.379 e. The molecule has 0 aliphatic heterocycles. The molecule has 6 rings (SSSR count). The van der Waals surface area contributed by atoms with Gasteiger partial charge >= 0.3 is 40.5 Å². The second-order valence-electron chi connectivity index (χ2n) is 10.3. The van der Waals surface area contributed by atoms with Crippen LogP contribution in [0.1, 0.15) is 0 Å². The Morgan fingerprint density at radius 3 is 0.538 bits per heavy atom. The first-order valence-corrected chi connectivity index (χ1v) is 20.6. The van der Waals surface area contributed by atoms with Crippen molar-refractivity contribution >= 4 is 40.5 Å². The summed E-state index contributed by atoms with van der Waals surface area (Å²) in [6, 6.07) is 41.3. The van der Waals surface area contributed by atoms with Crippen LogP contribution in [0, 0.1) is 0 Å². The normalized spacial score (nSPS) is 11.7. The standard InChI is InChI=1S/2C18H14O6S2/c2*19-25(20,17-7-3-1-4-8-17)23-15-11-13-16(14-12-15)24-26(21,22)18-9-5-2-6-10-18/h2*1-14H. The summed E-state index contributed by atoms with van der Waals surface area (Å²) in [6.45, 7) is 0. The molecular formula is C36H28O12S4. The molecule has 0 N–H and O–H groups in total. The van der Waals surface area contributed by atoms with Crippen LogP contribution in [0.2, 0.25) is 0 Å². The Balaban J connectivity index is 0.000000201. The molecule has 0 spiro atoms. The molecule has 0 bridgehead atoms. The summed E-state index contributed by atoms with van der Waals surface area (Å²) >= 11 is 0. The molecule has 0 heterocycles. The number of rotatable bonds is 12. The van der Waals surface area contributed by atoms with Crippen LogP contribution < -0.4 is 16.7 Å². The van der Waals surface area contributed by atoms with Gasteiger partial charge in [0.05, 0.1) is 0 Å². The summed E-state index contributed by atoms with van der Waals surface area (Å²) < 4.78 is 117. The van der Waals surface area contributed by atoms with E-state index < -0.39 is 40.5 Å². The topological polar surface area (TPSA) is 173 Å². The Kier molecular flexibility index (Phi) is 11.6. The van der Waals surface area contributed by atoms with Crippen molar-refractivity contribution in [2.45, 2.75) is 19.6 Å². The van der Waals surface area contributed by atoms with Gasteiger partial charge in [0.15, 0.2) is 0 Å². The van der Waals surface area contributed by atoms with Crippen LogP contribution in [0.15, 0.2) is 189 Å². The van der Waals surface area contributed by atoms with Crippen LogP contribution in [-0.4, -0.2) is 33.7 Å². The Labute approximate surface area is 302 Å². The van der Waals surface area contributed by atoms with Gasteiger partial charge in [-0.3, -0.25) is 0 Å². The minimum atomic E-state index is -3.96. The molecule has 268 valence electrons. The van der Waals surface area contributed by atoms with Gasteiger partial charge in [-0.25, -0.2) is 0 Å². The fourth-order valence-electron chi connectivity index (χ4n) is 4.15. The average Bonchev–Trinajstić information content (AvgIpc) is 3.15. The third-order valence-electron chi connectivity index (χ3n) is 6.60. The highest BCUT2D eigenvalue weighted by atomic mass is 32.2. The monoisotopic (exact) mass is 780 g/mol. The summed E-state index contributed by atoms with van der Waals surface area (Å²) in [4.78, 5) is 0.0814. The van der Waals surface area contributed by atoms with Gasteiger partial charge in [0.25, 0.3) is 0 Å². The van der Waals surface area contributed by atoms with E-state index in [9.17, 15) is 33.7 Å². The summed E-state index contributed by atoms with van der Waals surface area (Å²) in [5, 5.41) is 0. The molecule has 0 saturated carbocycles. The Morgan fingerprint density at radius 2 is 0.385 bits per heavy atom. The van der Waals surface area contributed by atoms with Crippen LogP contribution in [0.4, 0.5) is 0 Å². The van der Waals surface area contributed by atoms with Crippen LogP contribution in [0.5, 0.6) is 23.0 Å². The fraction of sp³-hybridized carbons (Fsp3) is 0. The van der Waals surface area contributed by atoms with Crippen molar-refractivity contribution in [3.05, 3.63) is 170 Å². The van der Waals surface area contributed by atoms with Crippen LogP contribution in [0.3, 0.4) is 0 Å². The number of hydrogen-bond donors (Lipinski definition) is 0. The molecule has 12 nitrogen and oxygen atoms in total. The van der Waals surface area contributed by atoms with Crippen molar-refractivity contribution < 1.29 is 50.4 Å². The Hall–Kier alpha value is -5.68. The molecule has 0 amide bonds. The molecule has 0 unspecified atom stereocenters. The lowest BCUT2D eigenvalue weighted by atomic mass is 10.3. The Morgan fingerprint density at radius 1 is 0.231 bits per heavy atom. The largest absolute Gasteiger partial charge is 0.379 e. The second kappa shape index (κ2) is 16.1. The Bertz CT molecular complexity index is 2150. The maximum Gasteiger partial charge on any atom is 0.339 e. The quantitative estimate of drug-likeness (QED) is 0.125. The fourth-order valence-corrected chi connectivity index (χ4v) is 7.95. The first-order chi connectivity index (χ1) is 24.7. The van der Waals surface area contributed by atoms with Gasteiger partial charge in [0, 0.05) is 0 Å². The highest BCUT2D eigenvalue weighted by Gasteiger charge is 2.20. The lowest BCUT2D eigenvalue weighted by Gasteiger charge is -2.09. The van der Waals surface area contributed by atoms with E-state index in [-0.39, 0.29) is 42.6 Å². The molecule has 16 heteroatoms. The predicted molar refractivity (Wildman–Crippen MR) is 190 cm³/mol. The molecule has 6 aromatic rings. The lowest BCUT2D eigenvalue weighted by molar-refractivity contribution is 0.478. The number of hydrogen-bond acceptors (Lipinski definition) is 12. The van der Waals surface area contributed by atoms with Crippen molar-refractivity contribution in [3.8, 4) is 23.0 Å². The zero-order valence-electron chi connectivity index (χ0n) is 26.7. The van der Waals surface area contributed by atoms with Crippen molar-refractivity contribution in [1.29, 1.82) is 0 Å². The molecule has 0 aliphatic carbocycles. The summed E-state index contributed by atoms with van der Waals surface area (Å²) in [6.07, 6.45) is 0. The molecule has 52 heavy (non-hydrogen) atoms. The van der Waals surface area contributed by atoms with E-state index in [2.05, 4.69) is 0 Å². The summed E-state index contributed by atoms with van der Waals surface area (Å²) in [5.41, 5.74) is 0. The molecule has 0 fully saturated rings. The van der Waals surface area contributed by atoms with Gasteiger partial charge < -0.3 is 16.7 Å². The molecule has 6 aromatic carbocycles. The van der Waals surface area contributed by atoms with E-state index in [1.807, 2.05) is 0 Å². The van der Waals surface area contributed by atoms with Gasteiger partial charge in [0.2, 0.25) is 0 Å². The third kappa shape index (κ3) is 10.2. The van der Waals surface area contributed by atoms with Gasteiger partial charge in [-0.15, -0.1) is 0 Å². The van der Waals surface area contributed by atoms with Crippen molar-refractivity contribution in [2.75, 3.05) is 0 Å². The second-order valence-corrected chi connectivity index (χ2v) is 16.5. The minimum absolute atomic E-state index is 0.0204. The van der Waals surface area contributed by atoms with Crippen molar-refractivity contribution in [3.63, 3.8) is 0 Å². The van der Waals surface area contributed by atoms with E-state index in [0.717, 1.165) is 0 Å². The van der Waals surface area contributed by atoms with E-state index in [1.54, 1.807) is 72.8 Å². The lowest BCUT2D eigenvalue weighted by Crippen LogP contribution is -2.10. The van der Waals surface area contributed by atoms with E-state index in [4.69, 9.17) is 16.7 Å². The molecule has 0 atom stereocenters. The molecule has 0 saturated heterocycles. The van der Waals surface area contributed by atoms with Crippen LogP contribution >= 0.6 is 0 Å². The average molecular weight is 781 g/mol. The van der Waals surface area contributed by atoms with Gasteiger partial charge in [0.1, 0.15) is 42.6 Å². The maximum absolute atomic E-state index is 12.2. The van der Waals surface area contributed by atoms with Gasteiger partial charge in [-0.1, -0.05) is 72.8 Å². The first-order valence-electron chi connectivity index (χ1n) is 14.9. The number of benzene rings is 6. The van der Waals surface area contributed by atoms with Crippen LogP contribution in [-0.2, 0) is 40.5 Å². The van der Waals surface area contributed by atoms with E-state index >= 15 is 0 Å². The molecule has 0 aliphatic rings. The zero-order valence-corrected chi connectivity index (χ0v) is 30.0. The predicted octanol–water partition coefficient (Wildman–Crippen LogP) is 6.44. The zero-order chi connectivity index (χ0) is 37.2. The third-order valence-corrected chi connectivity index (χ3v) is 11.6. The van der Waals surface area contributed by atoms with Gasteiger partial charge in [-0.05, 0) is 97.1 Å². The highest BCUT2D eigenvalue weighted by Crippen LogP contribution is 2.26. The van der Waals surface area contributed by atoms with Crippen molar-refractivity contribution in [2.24, 2.45) is 0 Å². The summed E-state index contributed by atoms with van der Waals surface area (Å²) in [5.74, 6) is 0.160. The molecular weight excluding hydrogens is 753 g/mol. The SMILES string of the molecule is O=S(=O)(Oc1ccc(OS(=O)(=O)c2ccccc2)cc1)c1ccccc1.O=S(=O)(Oc1ccc(OS(=O)(=O)c2ccccc2)cc1)c1ccccc1. The maximum atomic E-state index is 12.2. The highest BCUT2D eigenvalue weighted by molar-refractivity contribution is 7.88. The summed E-state index contributed by atoms with van der Waals surface area (Å²) in [7, 11) is -15.9. The van der Waals surface area contributed by atoms with E-state index in [0.29, 0.717) is 0 Å². The molecule has 0 radical (unpaired) electrons. The smallest absolute Gasteiger partial charge is 0.339 e. The van der Waals surface area contributed by atoms with Crippen LogP contribution in [0.25, 0.3) is 0 Å². The molecule has 0 aromatic heterocycles. The first kappa shape index (κ1) is 37.6. The van der Waals surface area contributed by atoms with Crippen molar-refractivity contribution in [1.82, 2.24) is 0 Å². The van der Waals surface area contributed by atoms with E-state index in [1.165, 1.54) is 97.1 Å². The van der Waals surface area contributed by atoms with Gasteiger partial charge in [-0.2, -0.15) is 33.7 Å².